The molecule has 1 aromatic carbocycles. The number of carbonyl (C=O) groups excluding carboxylic acids is 1. The quantitative estimate of drug-likeness (QED) is 0.856. The first-order valence-electron chi connectivity index (χ1n) is 8.54. The molecule has 0 spiro atoms. The number of carboxylic acid groups (broad SMARTS) is 1. The van der Waals surface area contributed by atoms with E-state index in [1.54, 1.807) is 0 Å². The van der Waals surface area contributed by atoms with Crippen LogP contribution in [0.15, 0.2) is 29.6 Å². The molecular weight excluding hydrogens is 336 g/mol. The third-order valence-corrected chi connectivity index (χ3v) is 5.63. The lowest BCUT2D eigenvalue weighted by molar-refractivity contribution is -0.149. The smallest absolute Gasteiger partial charge is 0.329 e. The van der Waals surface area contributed by atoms with Gasteiger partial charge in [-0.25, -0.2) is 9.78 Å². The molecule has 1 saturated carbocycles. The number of nitrogens with one attached hydrogen (secondary N) is 1. The van der Waals surface area contributed by atoms with Crippen LogP contribution >= 0.6 is 11.3 Å². The third kappa shape index (κ3) is 4.07. The summed E-state index contributed by atoms with van der Waals surface area (Å²) in [7, 11) is 0. The zero-order valence-corrected chi connectivity index (χ0v) is 15.1. The number of thiazole rings is 1. The number of amides is 1. The summed E-state index contributed by atoms with van der Waals surface area (Å²) >= 11 is 1.49. The Hall–Kier alpha value is -2.21. The van der Waals surface area contributed by atoms with Gasteiger partial charge in [0, 0.05) is 10.9 Å². The molecule has 1 amide bonds. The Kier molecular flexibility index (Phi) is 5.18. The van der Waals surface area contributed by atoms with Gasteiger partial charge in [-0.15, -0.1) is 11.3 Å². The van der Waals surface area contributed by atoms with Crippen LogP contribution in [0, 0.1) is 6.92 Å². The number of hydrogen-bond donors (Lipinski definition) is 2. The molecular formula is C19H22N2O3S. The first kappa shape index (κ1) is 17.6. The van der Waals surface area contributed by atoms with Gasteiger partial charge in [-0.3, -0.25) is 4.79 Å². The van der Waals surface area contributed by atoms with Crippen LogP contribution in [0.4, 0.5) is 0 Å². The van der Waals surface area contributed by atoms with Crippen molar-refractivity contribution in [2.24, 2.45) is 0 Å². The summed E-state index contributed by atoms with van der Waals surface area (Å²) in [5, 5.41) is 15.0. The Morgan fingerprint density at radius 2 is 1.88 bits per heavy atom. The highest BCUT2D eigenvalue weighted by atomic mass is 32.1. The van der Waals surface area contributed by atoms with Gasteiger partial charge in [-0.1, -0.05) is 49.1 Å². The first-order chi connectivity index (χ1) is 12.0. The number of aliphatic carboxylic acids is 1. The second-order valence-electron chi connectivity index (χ2n) is 6.68. The van der Waals surface area contributed by atoms with E-state index in [0.717, 1.165) is 29.8 Å². The van der Waals surface area contributed by atoms with Gasteiger partial charge in [0.2, 0.25) is 5.91 Å². The molecule has 6 heteroatoms. The van der Waals surface area contributed by atoms with Crippen LogP contribution in [-0.4, -0.2) is 27.5 Å². The largest absolute Gasteiger partial charge is 0.480 e. The van der Waals surface area contributed by atoms with Crippen molar-refractivity contribution < 1.29 is 14.7 Å². The summed E-state index contributed by atoms with van der Waals surface area (Å²) in [6.45, 7) is 2.03. The summed E-state index contributed by atoms with van der Waals surface area (Å²) in [6, 6.07) is 8.09. The van der Waals surface area contributed by atoms with Gasteiger partial charge in [0.05, 0.1) is 12.1 Å². The number of hydrogen-bond acceptors (Lipinski definition) is 4. The second kappa shape index (κ2) is 7.35. The minimum Gasteiger partial charge on any atom is -0.480 e. The average Bonchev–Trinajstić information content (AvgIpc) is 3.04. The van der Waals surface area contributed by atoms with Crippen molar-refractivity contribution in [3.05, 3.63) is 40.9 Å². The van der Waals surface area contributed by atoms with Crippen molar-refractivity contribution in [3.8, 4) is 10.6 Å². The molecule has 1 heterocycles. The Labute approximate surface area is 151 Å². The van der Waals surface area contributed by atoms with Crippen LogP contribution < -0.4 is 5.32 Å². The van der Waals surface area contributed by atoms with Crippen molar-refractivity contribution in [1.29, 1.82) is 0 Å². The Morgan fingerprint density at radius 1 is 1.20 bits per heavy atom. The summed E-state index contributed by atoms with van der Waals surface area (Å²) in [6.07, 6.45) is 3.80. The molecule has 25 heavy (non-hydrogen) atoms. The lowest BCUT2D eigenvalue weighted by Crippen LogP contribution is -2.56. The van der Waals surface area contributed by atoms with E-state index in [4.69, 9.17) is 0 Å². The zero-order valence-electron chi connectivity index (χ0n) is 14.2. The highest BCUT2D eigenvalue weighted by Crippen LogP contribution is 2.29. The van der Waals surface area contributed by atoms with Crippen molar-refractivity contribution in [1.82, 2.24) is 10.3 Å². The molecule has 2 aromatic rings. The third-order valence-electron chi connectivity index (χ3n) is 4.69. The van der Waals surface area contributed by atoms with Crippen LogP contribution in [-0.2, 0) is 16.0 Å². The number of carbonyl (C=O) groups is 2. The van der Waals surface area contributed by atoms with Gasteiger partial charge in [-0.05, 0) is 19.8 Å². The van der Waals surface area contributed by atoms with Gasteiger partial charge in [0.15, 0.2) is 0 Å². The second-order valence-corrected chi connectivity index (χ2v) is 7.54. The van der Waals surface area contributed by atoms with Crippen LogP contribution in [0.5, 0.6) is 0 Å². The van der Waals surface area contributed by atoms with Crippen molar-refractivity contribution in [2.75, 3.05) is 0 Å². The monoisotopic (exact) mass is 358 g/mol. The van der Waals surface area contributed by atoms with E-state index in [1.165, 1.54) is 16.9 Å². The van der Waals surface area contributed by atoms with E-state index in [-0.39, 0.29) is 12.3 Å². The Balaban J connectivity index is 1.67. The number of nitrogens with zero attached hydrogens (tertiary/aromatic N) is 1. The van der Waals surface area contributed by atoms with Crippen molar-refractivity contribution >= 4 is 23.2 Å². The SMILES string of the molecule is Cc1ccc(-c2nc(CC(=O)NC3(C(=O)O)CCCCC3)cs2)cc1. The molecule has 132 valence electrons. The molecule has 1 aromatic heterocycles. The van der Waals surface area contributed by atoms with Gasteiger partial charge in [-0.2, -0.15) is 0 Å². The predicted octanol–water partition coefficient (Wildman–Crippen LogP) is 3.56. The van der Waals surface area contributed by atoms with Gasteiger partial charge in [0.1, 0.15) is 10.5 Å². The van der Waals surface area contributed by atoms with Gasteiger partial charge >= 0.3 is 5.97 Å². The standard InChI is InChI=1S/C19H22N2O3S/c1-13-5-7-14(8-6-13)17-20-15(12-25-17)11-16(22)21-19(18(23)24)9-3-2-4-10-19/h5-8,12H,2-4,9-11H2,1H3,(H,21,22)(H,23,24). The van der Waals surface area contributed by atoms with Crippen LogP contribution in [0.25, 0.3) is 10.6 Å². The van der Waals surface area contributed by atoms with Crippen molar-refractivity contribution in [3.63, 3.8) is 0 Å². The molecule has 0 atom stereocenters. The zero-order chi connectivity index (χ0) is 17.9. The maximum Gasteiger partial charge on any atom is 0.329 e. The predicted molar refractivity (Wildman–Crippen MR) is 97.6 cm³/mol. The Morgan fingerprint density at radius 3 is 2.52 bits per heavy atom. The minimum absolute atomic E-state index is 0.109. The molecule has 0 unspecified atom stereocenters. The Bertz CT molecular complexity index is 761. The number of aromatic nitrogens is 1. The molecule has 0 bridgehead atoms. The first-order valence-corrected chi connectivity index (χ1v) is 9.42. The van der Waals surface area contributed by atoms with Crippen LogP contribution in [0.1, 0.15) is 43.4 Å². The van der Waals surface area contributed by atoms with E-state index in [0.29, 0.717) is 18.5 Å². The topological polar surface area (TPSA) is 79.3 Å². The highest BCUT2D eigenvalue weighted by molar-refractivity contribution is 7.13. The normalized spacial score (nSPS) is 16.4. The molecule has 1 aliphatic carbocycles. The maximum atomic E-state index is 12.4. The minimum atomic E-state index is -1.11. The van der Waals surface area contributed by atoms with E-state index in [1.807, 2.05) is 36.6 Å². The summed E-state index contributed by atoms with van der Waals surface area (Å²) < 4.78 is 0. The highest BCUT2D eigenvalue weighted by Gasteiger charge is 2.40. The van der Waals surface area contributed by atoms with E-state index >= 15 is 0 Å². The molecule has 3 rings (SSSR count). The fourth-order valence-corrected chi connectivity index (χ4v) is 4.07. The van der Waals surface area contributed by atoms with Crippen LogP contribution in [0.2, 0.25) is 0 Å². The number of aryl methyl sites for hydroxylation is 1. The summed E-state index contributed by atoms with van der Waals surface area (Å²) in [5.74, 6) is -1.20. The van der Waals surface area contributed by atoms with Gasteiger partial charge in [0.25, 0.3) is 0 Å². The average molecular weight is 358 g/mol. The lowest BCUT2D eigenvalue weighted by Gasteiger charge is -2.33. The number of rotatable bonds is 5. The number of carboxylic acids is 1. The number of benzene rings is 1. The summed E-state index contributed by atoms with van der Waals surface area (Å²) in [5.41, 5.74) is 1.78. The molecule has 5 nitrogen and oxygen atoms in total. The van der Waals surface area contributed by atoms with E-state index < -0.39 is 11.5 Å². The fourth-order valence-electron chi connectivity index (χ4n) is 3.24. The molecule has 1 aliphatic rings. The molecule has 2 N–H and O–H groups in total. The summed E-state index contributed by atoms with van der Waals surface area (Å²) in [4.78, 5) is 28.5. The molecule has 0 saturated heterocycles. The molecule has 0 aliphatic heterocycles. The molecule has 0 radical (unpaired) electrons. The maximum absolute atomic E-state index is 12.4. The van der Waals surface area contributed by atoms with Gasteiger partial charge < -0.3 is 10.4 Å². The lowest BCUT2D eigenvalue weighted by atomic mass is 9.81. The van der Waals surface area contributed by atoms with Crippen LogP contribution in [0.3, 0.4) is 0 Å². The fraction of sp³-hybridized carbons (Fsp3) is 0.421. The molecule has 1 fully saturated rings. The van der Waals surface area contributed by atoms with Crippen molar-refractivity contribution in [2.45, 2.75) is 51.0 Å². The van der Waals surface area contributed by atoms with E-state index in [9.17, 15) is 14.7 Å². The van der Waals surface area contributed by atoms with E-state index in [2.05, 4.69) is 10.3 Å².